The molecule has 20 heavy (non-hydrogen) atoms. The molecule has 5 heteroatoms. The zero-order valence-corrected chi connectivity index (χ0v) is 11.5. The number of carbonyl (C=O) groups excluding carboxylic acids is 1. The van der Waals surface area contributed by atoms with Crippen LogP contribution >= 0.6 is 0 Å². The highest BCUT2D eigenvalue weighted by Gasteiger charge is 2.57. The van der Waals surface area contributed by atoms with Crippen molar-refractivity contribution in [3.05, 3.63) is 35.7 Å². The Morgan fingerprint density at radius 1 is 1.35 bits per heavy atom. The zero-order valence-electron chi connectivity index (χ0n) is 11.5. The molecule has 0 aliphatic heterocycles. The lowest BCUT2D eigenvalue weighted by Crippen LogP contribution is -2.23. The molecule has 0 radical (unpaired) electrons. The van der Waals surface area contributed by atoms with E-state index in [1.165, 1.54) is 5.56 Å². The van der Waals surface area contributed by atoms with E-state index in [2.05, 4.69) is 10.1 Å². The van der Waals surface area contributed by atoms with Crippen molar-refractivity contribution in [3.63, 3.8) is 0 Å². The van der Waals surface area contributed by atoms with Gasteiger partial charge in [-0.2, -0.15) is 4.98 Å². The lowest BCUT2D eigenvalue weighted by molar-refractivity contribution is -0.146. The third-order valence-electron chi connectivity index (χ3n) is 3.56. The molecule has 0 amide bonds. The Bertz CT molecular complexity index is 627. The molecule has 0 spiro atoms. The van der Waals surface area contributed by atoms with E-state index < -0.39 is 5.41 Å². The quantitative estimate of drug-likeness (QED) is 0.800. The molecule has 1 heterocycles. The molecular weight excluding hydrogens is 256 g/mol. The minimum atomic E-state index is -0.702. The number of aryl methyl sites for hydroxylation is 1. The summed E-state index contributed by atoms with van der Waals surface area (Å²) in [6.45, 7) is 4.17. The predicted molar refractivity (Wildman–Crippen MR) is 72.0 cm³/mol. The summed E-state index contributed by atoms with van der Waals surface area (Å²) < 4.78 is 10.4. The van der Waals surface area contributed by atoms with Crippen molar-refractivity contribution < 1.29 is 14.1 Å². The number of hydrogen-bond donors (Lipinski definition) is 0. The van der Waals surface area contributed by atoms with Gasteiger partial charge >= 0.3 is 5.97 Å². The molecule has 0 saturated heterocycles. The SMILES string of the molecule is CCOC(=O)C1(c2nc(-c3ccc(C)cc3)no2)CC1. The van der Waals surface area contributed by atoms with E-state index in [4.69, 9.17) is 9.26 Å². The normalized spacial score (nSPS) is 15.9. The van der Waals surface area contributed by atoms with Crippen molar-refractivity contribution in [3.8, 4) is 11.4 Å². The van der Waals surface area contributed by atoms with Gasteiger partial charge < -0.3 is 9.26 Å². The van der Waals surface area contributed by atoms with Crippen molar-refractivity contribution in [1.29, 1.82) is 0 Å². The van der Waals surface area contributed by atoms with Crippen molar-refractivity contribution >= 4 is 5.97 Å². The molecule has 1 aromatic carbocycles. The Hall–Kier alpha value is -2.17. The van der Waals surface area contributed by atoms with Gasteiger partial charge in [0.2, 0.25) is 11.7 Å². The molecule has 104 valence electrons. The maximum atomic E-state index is 12.0. The van der Waals surface area contributed by atoms with Crippen LogP contribution in [0, 0.1) is 6.92 Å². The summed E-state index contributed by atoms with van der Waals surface area (Å²) >= 11 is 0. The van der Waals surface area contributed by atoms with Crippen molar-refractivity contribution in [2.45, 2.75) is 32.1 Å². The fourth-order valence-corrected chi connectivity index (χ4v) is 2.14. The molecule has 1 fully saturated rings. The standard InChI is InChI=1S/C15H16N2O3/c1-3-19-14(18)15(8-9-15)13-16-12(17-20-13)11-6-4-10(2)5-7-11/h4-7H,3,8-9H2,1-2H3. The number of hydrogen-bond acceptors (Lipinski definition) is 5. The highest BCUT2D eigenvalue weighted by atomic mass is 16.5. The lowest BCUT2D eigenvalue weighted by Gasteiger charge is -2.07. The van der Waals surface area contributed by atoms with Crippen LogP contribution in [0.3, 0.4) is 0 Å². The first-order valence-electron chi connectivity index (χ1n) is 6.74. The summed E-state index contributed by atoms with van der Waals surface area (Å²) in [6, 6.07) is 7.86. The van der Waals surface area contributed by atoms with Gasteiger partial charge in [-0.15, -0.1) is 0 Å². The van der Waals surface area contributed by atoms with Crippen LogP contribution in [0.25, 0.3) is 11.4 Å². The first kappa shape index (κ1) is 12.8. The van der Waals surface area contributed by atoms with Crippen LogP contribution in [-0.2, 0) is 14.9 Å². The van der Waals surface area contributed by atoms with E-state index in [0.717, 1.165) is 5.56 Å². The first-order valence-corrected chi connectivity index (χ1v) is 6.74. The van der Waals surface area contributed by atoms with Gasteiger partial charge in [-0.25, -0.2) is 0 Å². The maximum absolute atomic E-state index is 12.0. The molecule has 0 unspecified atom stereocenters. The largest absolute Gasteiger partial charge is 0.465 e. The number of rotatable bonds is 4. The molecular formula is C15H16N2O3. The van der Waals surface area contributed by atoms with E-state index in [1.54, 1.807) is 6.92 Å². The zero-order chi connectivity index (χ0) is 14.2. The second-order valence-electron chi connectivity index (χ2n) is 5.09. The van der Waals surface area contributed by atoms with Crippen LogP contribution in [0.1, 0.15) is 31.2 Å². The van der Waals surface area contributed by atoms with Crippen molar-refractivity contribution in [1.82, 2.24) is 10.1 Å². The van der Waals surface area contributed by atoms with Gasteiger partial charge in [0.05, 0.1) is 6.61 Å². The van der Waals surface area contributed by atoms with E-state index in [1.807, 2.05) is 31.2 Å². The Kier molecular flexibility index (Phi) is 3.04. The van der Waals surface area contributed by atoms with Gasteiger partial charge in [0, 0.05) is 5.56 Å². The summed E-state index contributed by atoms with van der Waals surface area (Å²) in [5, 5.41) is 3.97. The first-order chi connectivity index (χ1) is 9.65. The third-order valence-corrected chi connectivity index (χ3v) is 3.56. The van der Waals surface area contributed by atoms with Gasteiger partial charge in [0.1, 0.15) is 5.41 Å². The third kappa shape index (κ3) is 2.09. The van der Waals surface area contributed by atoms with Gasteiger partial charge in [0.25, 0.3) is 0 Å². The Balaban J connectivity index is 1.87. The van der Waals surface area contributed by atoms with Crippen LogP contribution in [0.15, 0.2) is 28.8 Å². The minimum absolute atomic E-state index is 0.265. The van der Waals surface area contributed by atoms with Gasteiger partial charge in [-0.1, -0.05) is 35.0 Å². The molecule has 5 nitrogen and oxygen atoms in total. The molecule has 1 aliphatic rings. The monoisotopic (exact) mass is 272 g/mol. The van der Waals surface area contributed by atoms with Crippen molar-refractivity contribution in [2.24, 2.45) is 0 Å². The topological polar surface area (TPSA) is 65.2 Å². The van der Waals surface area contributed by atoms with Crippen LogP contribution < -0.4 is 0 Å². The highest BCUT2D eigenvalue weighted by Crippen LogP contribution is 2.48. The molecule has 0 N–H and O–H groups in total. The Morgan fingerprint density at radius 2 is 2.05 bits per heavy atom. The van der Waals surface area contributed by atoms with Gasteiger partial charge in [0.15, 0.2) is 0 Å². The van der Waals surface area contributed by atoms with Crippen LogP contribution in [-0.4, -0.2) is 22.7 Å². The average molecular weight is 272 g/mol. The Morgan fingerprint density at radius 3 is 2.65 bits per heavy atom. The molecule has 2 aromatic rings. The van der Waals surface area contributed by atoms with E-state index in [9.17, 15) is 4.79 Å². The fraction of sp³-hybridized carbons (Fsp3) is 0.400. The van der Waals surface area contributed by atoms with Crippen LogP contribution in [0.5, 0.6) is 0 Å². The number of aromatic nitrogens is 2. The van der Waals surface area contributed by atoms with Crippen LogP contribution in [0.4, 0.5) is 0 Å². The van der Waals surface area contributed by atoms with E-state index in [-0.39, 0.29) is 5.97 Å². The number of carbonyl (C=O) groups is 1. The number of nitrogens with zero attached hydrogens (tertiary/aromatic N) is 2. The summed E-state index contributed by atoms with van der Waals surface area (Å²) in [6.07, 6.45) is 1.42. The van der Waals surface area contributed by atoms with Gasteiger partial charge in [-0.05, 0) is 26.7 Å². The number of benzene rings is 1. The second-order valence-corrected chi connectivity index (χ2v) is 5.09. The summed E-state index contributed by atoms with van der Waals surface area (Å²) in [7, 11) is 0. The maximum Gasteiger partial charge on any atom is 0.321 e. The molecule has 0 atom stereocenters. The Labute approximate surface area is 116 Å². The van der Waals surface area contributed by atoms with Gasteiger partial charge in [-0.3, -0.25) is 4.79 Å². The smallest absolute Gasteiger partial charge is 0.321 e. The lowest BCUT2D eigenvalue weighted by atomic mass is 10.1. The molecule has 0 bridgehead atoms. The van der Waals surface area contributed by atoms with Crippen molar-refractivity contribution in [2.75, 3.05) is 6.61 Å². The number of ether oxygens (including phenoxy) is 1. The summed E-state index contributed by atoms with van der Waals surface area (Å²) in [5.41, 5.74) is 1.35. The molecule has 3 rings (SSSR count). The molecule has 1 saturated carbocycles. The van der Waals surface area contributed by atoms with E-state index in [0.29, 0.717) is 31.2 Å². The molecule has 1 aliphatic carbocycles. The van der Waals surface area contributed by atoms with E-state index >= 15 is 0 Å². The fourth-order valence-electron chi connectivity index (χ4n) is 2.14. The molecule has 1 aromatic heterocycles. The minimum Gasteiger partial charge on any atom is -0.465 e. The second kappa shape index (κ2) is 4.74. The van der Waals surface area contributed by atoms with Crippen LogP contribution in [0.2, 0.25) is 0 Å². The summed E-state index contributed by atoms with van der Waals surface area (Å²) in [4.78, 5) is 16.3. The average Bonchev–Trinajstić information content (AvgIpc) is 3.12. The highest BCUT2D eigenvalue weighted by molar-refractivity contribution is 5.85. The predicted octanol–water partition coefficient (Wildman–Crippen LogP) is 2.64. The number of esters is 1. The summed E-state index contributed by atoms with van der Waals surface area (Å²) in [5.74, 6) is 0.612.